The van der Waals surface area contributed by atoms with Gasteiger partial charge in [0.25, 0.3) is 17.5 Å². The van der Waals surface area contributed by atoms with E-state index in [9.17, 15) is 19.7 Å². The summed E-state index contributed by atoms with van der Waals surface area (Å²) in [4.78, 5) is 36.3. The molecule has 4 rings (SSSR count). The second-order valence-electron chi connectivity index (χ2n) is 6.79. The number of hydrogen-bond donors (Lipinski definition) is 2. The molecule has 0 aliphatic carbocycles. The fourth-order valence-corrected chi connectivity index (χ4v) is 3.30. The molecule has 0 radical (unpaired) electrons. The number of ether oxygens (including phenoxy) is 1. The molecule has 31 heavy (non-hydrogen) atoms. The van der Waals surface area contributed by atoms with Crippen LogP contribution in [-0.4, -0.2) is 28.9 Å². The molecule has 3 aromatic rings. The third-order valence-corrected chi connectivity index (χ3v) is 4.92. The number of non-ortho nitro benzene ring substituents is 1. The van der Waals surface area contributed by atoms with Crippen LogP contribution in [0.1, 0.15) is 32.4 Å². The number of nitrogens with one attached hydrogen (secondary N) is 2. The highest BCUT2D eigenvalue weighted by molar-refractivity contribution is 6.04. The van der Waals surface area contributed by atoms with Gasteiger partial charge < -0.3 is 10.1 Å². The Hall–Kier alpha value is -4.40. The largest absolute Gasteiger partial charge is 0.497 e. The lowest BCUT2D eigenvalue weighted by atomic mass is 10.0. The van der Waals surface area contributed by atoms with E-state index in [1.165, 1.54) is 29.3 Å². The molecule has 0 bridgehead atoms. The average molecular weight is 418 g/mol. The quantitative estimate of drug-likeness (QED) is 0.484. The molecule has 1 aliphatic rings. The highest BCUT2D eigenvalue weighted by Crippen LogP contribution is 2.32. The third kappa shape index (κ3) is 3.88. The number of hydrazine groups is 1. The Morgan fingerprint density at radius 3 is 2.39 bits per heavy atom. The topological polar surface area (TPSA) is 114 Å². The molecule has 0 unspecified atom stereocenters. The van der Waals surface area contributed by atoms with Gasteiger partial charge in [-0.1, -0.05) is 24.3 Å². The minimum absolute atomic E-state index is 0.127. The molecular weight excluding hydrogens is 400 g/mol. The maximum atomic E-state index is 13.2. The van der Waals surface area contributed by atoms with Crippen LogP contribution in [0.5, 0.6) is 5.75 Å². The van der Waals surface area contributed by atoms with Gasteiger partial charge in [-0.05, 0) is 42.0 Å². The predicted molar refractivity (Wildman–Crippen MR) is 113 cm³/mol. The number of rotatable bonds is 5. The summed E-state index contributed by atoms with van der Waals surface area (Å²) < 4.78 is 5.19. The second-order valence-corrected chi connectivity index (χ2v) is 6.79. The molecule has 1 aliphatic heterocycles. The van der Waals surface area contributed by atoms with Crippen molar-refractivity contribution in [1.82, 2.24) is 10.4 Å². The molecule has 2 N–H and O–H groups in total. The SMILES string of the molecule is COc1ccc([C@H]2Nc3ccccc3C(=O)N2NC(=O)c2ccc([N+](=O)[O-])cc2)cc1. The van der Waals surface area contributed by atoms with Gasteiger partial charge in [0.2, 0.25) is 0 Å². The molecule has 0 saturated heterocycles. The van der Waals surface area contributed by atoms with E-state index in [1.54, 1.807) is 49.6 Å². The molecule has 2 amide bonds. The van der Waals surface area contributed by atoms with Crippen molar-refractivity contribution < 1.29 is 19.2 Å². The van der Waals surface area contributed by atoms with Crippen molar-refractivity contribution in [3.8, 4) is 5.75 Å². The first-order chi connectivity index (χ1) is 15.0. The van der Waals surface area contributed by atoms with Gasteiger partial charge in [-0.25, -0.2) is 5.01 Å². The number of nitrogens with zero attached hydrogens (tertiary/aromatic N) is 2. The number of nitro benzene ring substituents is 1. The van der Waals surface area contributed by atoms with E-state index in [4.69, 9.17) is 4.74 Å². The number of benzene rings is 3. The molecular formula is C22H18N4O5. The summed E-state index contributed by atoms with van der Waals surface area (Å²) in [5.41, 5.74) is 4.48. The Bertz CT molecular complexity index is 1150. The normalized spacial score (nSPS) is 14.9. The van der Waals surface area contributed by atoms with E-state index in [0.29, 0.717) is 17.0 Å². The number of carbonyl (C=O) groups is 2. The van der Waals surface area contributed by atoms with Crippen LogP contribution < -0.4 is 15.5 Å². The zero-order valence-corrected chi connectivity index (χ0v) is 16.4. The van der Waals surface area contributed by atoms with Crippen LogP contribution in [0.3, 0.4) is 0 Å². The van der Waals surface area contributed by atoms with Gasteiger partial charge in [0.1, 0.15) is 11.9 Å². The lowest BCUT2D eigenvalue weighted by Gasteiger charge is -2.37. The Kier molecular flexibility index (Phi) is 5.23. The highest BCUT2D eigenvalue weighted by Gasteiger charge is 2.34. The lowest BCUT2D eigenvalue weighted by molar-refractivity contribution is -0.384. The first-order valence-corrected chi connectivity index (χ1v) is 9.36. The van der Waals surface area contributed by atoms with Crippen molar-refractivity contribution in [1.29, 1.82) is 0 Å². The van der Waals surface area contributed by atoms with E-state index >= 15 is 0 Å². The fourth-order valence-electron chi connectivity index (χ4n) is 3.30. The van der Waals surface area contributed by atoms with E-state index in [0.717, 1.165) is 5.56 Å². The molecule has 156 valence electrons. The zero-order valence-electron chi connectivity index (χ0n) is 16.4. The summed E-state index contributed by atoms with van der Waals surface area (Å²) in [7, 11) is 1.56. The van der Waals surface area contributed by atoms with Crippen LogP contribution in [0.15, 0.2) is 72.8 Å². The van der Waals surface area contributed by atoms with E-state index in [-0.39, 0.29) is 17.2 Å². The molecule has 1 heterocycles. The van der Waals surface area contributed by atoms with Crippen LogP contribution in [-0.2, 0) is 0 Å². The van der Waals surface area contributed by atoms with Gasteiger partial charge in [0.15, 0.2) is 0 Å². The van der Waals surface area contributed by atoms with Gasteiger partial charge >= 0.3 is 0 Å². The minimum atomic E-state index is -0.671. The number of methoxy groups -OCH3 is 1. The Labute approximate surface area is 177 Å². The molecule has 9 heteroatoms. The van der Waals surface area contributed by atoms with E-state index in [2.05, 4.69) is 10.7 Å². The average Bonchev–Trinajstić information content (AvgIpc) is 2.81. The van der Waals surface area contributed by atoms with Crippen molar-refractivity contribution >= 4 is 23.2 Å². The van der Waals surface area contributed by atoms with Crippen LogP contribution in [0.2, 0.25) is 0 Å². The number of hydrogen-bond acceptors (Lipinski definition) is 6. The highest BCUT2D eigenvalue weighted by atomic mass is 16.6. The van der Waals surface area contributed by atoms with Gasteiger partial charge in [-0.3, -0.25) is 25.1 Å². The molecule has 0 fully saturated rings. The summed E-state index contributed by atoms with van der Waals surface area (Å²) in [6.45, 7) is 0. The maximum Gasteiger partial charge on any atom is 0.276 e. The summed E-state index contributed by atoms with van der Waals surface area (Å²) in [6.07, 6.45) is -0.671. The summed E-state index contributed by atoms with van der Waals surface area (Å²) in [5, 5.41) is 15.3. The van der Waals surface area contributed by atoms with Crippen LogP contribution in [0.4, 0.5) is 11.4 Å². The number of nitro groups is 1. The smallest absolute Gasteiger partial charge is 0.276 e. The van der Waals surface area contributed by atoms with Crippen molar-refractivity contribution in [3.05, 3.63) is 99.6 Å². The maximum absolute atomic E-state index is 13.2. The third-order valence-electron chi connectivity index (χ3n) is 4.92. The first kappa shape index (κ1) is 19.9. The number of anilines is 1. The van der Waals surface area contributed by atoms with Gasteiger partial charge in [-0.15, -0.1) is 0 Å². The molecule has 0 spiro atoms. The zero-order chi connectivity index (χ0) is 22.0. The summed E-state index contributed by atoms with van der Waals surface area (Å²) in [6, 6.07) is 19.3. The van der Waals surface area contributed by atoms with Gasteiger partial charge in [-0.2, -0.15) is 0 Å². The minimum Gasteiger partial charge on any atom is -0.497 e. The van der Waals surface area contributed by atoms with Crippen LogP contribution >= 0.6 is 0 Å². The fraction of sp³-hybridized carbons (Fsp3) is 0.0909. The van der Waals surface area contributed by atoms with Gasteiger partial charge in [0.05, 0.1) is 17.6 Å². The van der Waals surface area contributed by atoms with Gasteiger partial charge in [0, 0.05) is 23.4 Å². The molecule has 1 atom stereocenters. The Morgan fingerprint density at radius 2 is 1.74 bits per heavy atom. The predicted octanol–water partition coefficient (Wildman–Crippen LogP) is 3.51. The Morgan fingerprint density at radius 1 is 1.06 bits per heavy atom. The number of carbonyl (C=O) groups excluding carboxylic acids is 2. The van der Waals surface area contributed by atoms with Crippen molar-refractivity contribution in [2.24, 2.45) is 0 Å². The standard InChI is InChI=1S/C22H18N4O5/c1-31-17-12-8-14(9-13-17)20-23-19-5-3-2-4-18(19)22(28)25(20)24-21(27)15-6-10-16(11-7-15)26(29)30/h2-13,20,23H,1H3,(H,24,27)/t20-/m0/s1. The monoisotopic (exact) mass is 418 g/mol. The number of fused-ring (bicyclic) bond motifs is 1. The van der Waals surface area contributed by atoms with Crippen molar-refractivity contribution in [2.45, 2.75) is 6.17 Å². The van der Waals surface area contributed by atoms with Crippen LogP contribution in [0, 0.1) is 10.1 Å². The van der Waals surface area contributed by atoms with Crippen molar-refractivity contribution in [2.75, 3.05) is 12.4 Å². The molecule has 0 saturated carbocycles. The summed E-state index contributed by atoms with van der Waals surface area (Å²) >= 11 is 0. The molecule has 9 nitrogen and oxygen atoms in total. The number of para-hydroxylation sites is 1. The van der Waals surface area contributed by atoms with Crippen molar-refractivity contribution in [3.63, 3.8) is 0 Å². The van der Waals surface area contributed by atoms with E-state index < -0.39 is 17.0 Å². The summed E-state index contributed by atoms with van der Waals surface area (Å²) in [5.74, 6) is -0.291. The lowest BCUT2D eigenvalue weighted by Crippen LogP contribution is -2.52. The number of amides is 2. The first-order valence-electron chi connectivity index (χ1n) is 9.36. The molecule has 0 aromatic heterocycles. The second kappa shape index (κ2) is 8.15. The van der Waals surface area contributed by atoms with Crippen LogP contribution in [0.25, 0.3) is 0 Å². The van der Waals surface area contributed by atoms with E-state index in [1.807, 2.05) is 6.07 Å². The molecule has 3 aromatic carbocycles. The Balaban J connectivity index is 1.66.